The molecule has 0 aliphatic carbocycles. The van der Waals surface area contributed by atoms with Crippen molar-refractivity contribution in [3.63, 3.8) is 0 Å². The number of aryl methyl sites for hydroxylation is 1. The molecule has 1 aliphatic heterocycles. The summed E-state index contributed by atoms with van der Waals surface area (Å²) in [5.74, 6) is 0.765. The average Bonchev–Trinajstić information content (AvgIpc) is 3.25. The topological polar surface area (TPSA) is 70.2 Å². The number of hydrogen-bond acceptors (Lipinski definition) is 4. The predicted octanol–water partition coefficient (Wildman–Crippen LogP) is 5.01. The maximum absolute atomic E-state index is 12.9. The first-order valence-electron chi connectivity index (χ1n) is 12.5. The molecular weight excluding hydrogens is 424 g/mol. The Kier molecular flexibility index (Phi) is 8.36. The first-order valence-corrected chi connectivity index (χ1v) is 12.5. The number of carbonyl (C=O) groups excluding carboxylic acids is 1. The van der Waals surface area contributed by atoms with Crippen LogP contribution in [0, 0.1) is 6.92 Å². The van der Waals surface area contributed by atoms with Gasteiger partial charge in [0.2, 0.25) is 0 Å². The molecule has 1 aliphatic rings. The van der Waals surface area contributed by atoms with Crippen LogP contribution in [0.2, 0.25) is 0 Å². The molecule has 2 aromatic carbocycles. The molecule has 1 aromatic heterocycles. The molecule has 1 amide bonds. The summed E-state index contributed by atoms with van der Waals surface area (Å²) in [6.45, 7) is 8.53. The van der Waals surface area contributed by atoms with Gasteiger partial charge in [-0.3, -0.25) is 14.8 Å². The van der Waals surface area contributed by atoms with E-state index in [4.69, 9.17) is 4.74 Å². The molecule has 0 radical (unpaired) electrons. The number of aromatic amines is 1. The molecule has 2 N–H and O–H groups in total. The summed E-state index contributed by atoms with van der Waals surface area (Å²) in [6.07, 6.45) is 5.28. The number of H-pyrrole nitrogens is 1. The third-order valence-corrected chi connectivity index (χ3v) is 6.22. The smallest absolute Gasteiger partial charge is 0.251 e. The minimum Gasteiger partial charge on any atom is -0.493 e. The number of benzene rings is 2. The Morgan fingerprint density at radius 3 is 2.82 bits per heavy atom. The van der Waals surface area contributed by atoms with Crippen molar-refractivity contribution in [1.29, 1.82) is 0 Å². The monoisotopic (exact) mass is 460 g/mol. The molecule has 2 bridgehead atoms. The first-order chi connectivity index (χ1) is 16.6. The fourth-order valence-corrected chi connectivity index (χ4v) is 4.54. The lowest BCUT2D eigenvalue weighted by atomic mass is 9.99. The normalized spacial score (nSPS) is 15.1. The summed E-state index contributed by atoms with van der Waals surface area (Å²) in [6, 6.07) is 16.5. The fourth-order valence-electron chi connectivity index (χ4n) is 4.54. The van der Waals surface area contributed by atoms with Crippen molar-refractivity contribution in [3.8, 4) is 5.75 Å². The SMILES string of the molecule is CCCN1CCCCCOc2ccc(C(=O)NCc3cc(C)[nH]n3)cc2Cc2cccc(c2)C1. The highest BCUT2D eigenvalue weighted by Crippen LogP contribution is 2.25. The number of amides is 1. The number of carbonyl (C=O) groups is 1. The molecule has 4 rings (SSSR count). The molecule has 180 valence electrons. The van der Waals surface area contributed by atoms with Crippen LogP contribution in [0.25, 0.3) is 0 Å². The quantitative estimate of drug-likeness (QED) is 0.561. The van der Waals surface area contributed by atoms with Gasteiger partial charge in [0.25, 0.3) is 5.91 Å². The summed E-state index contributed by atoms with van der Waals surface area (Å²) in [4.78, 5) is 15.4. The standard InChI is InChI=1S/C28H36N4O2/c1-3-12-32-13-5-4-6-14-34-27-11-10-24(28(33)29-19-26-15-21(2)30-31-26)18-25(27)17-22-8-7-9-23(16-22)20-32/h7-11,15-16,18H,3-6,12-14,17,19-20H2,1-2H3,(H,29,33)(H,30,31). The van der Waals surface area contributed by atoms with Gasteiger partial charge in [-0.15, -0.1) is 0 Å². The van der Waals surface area contributed by atoms with Gasteiger partial charge in [0.15, 0.2) is 0 Å². The lowest BCUT2D eigenvalue weighted by molar-refractivity contribution is 0.0950. The van der Waals surface area contributed by atoms with E-state index in [1.807, 2.05) is 31.2 Å². The lowest BCUT2D eigenvalue weighted by Gasteiger charge is -2.22. The van der Waals surface area contributed by atoms with E-state index < -0.39 is 0 Å². The zero-order valence-electron chi connectivity index (χ0n) is 20.4. The Morgan fingerprint density at radius 1 is 1.12 bits per heavy atom. The van der Waals surface area contributed by atoms with Gasteiger partial charge < -0.3 is 10.1 Å². The summed E-state index contributed by atoms with van der Waals surface area (Å²) in [5.41, 5.74) is 6.06. The maximum Gasteiger partial charge on any atom is 0.251 e. The summed E-state index contributed by atoms with van der Waals surface area (Å²) >= 11 is 0. The summed E-state index contributed by atoms with van der Waals surface area (Å²) in [7, 11) is 0. The summed E-state index contributed by atoms with van der Waals surface area (Å²) < 4.78 is 6.19. The van der Waals surface area contributed by atoms with Crippen LogP contribution in [0.3, 0.4) is 0 Å². The highest BCUT2D eigenvalue weighted by molar-refractivity contribution is 5.94. The van der Waals surface area contributed by atoms with E-state index in [2.05, 4.69) is 51.6 Å². The second-order valence-corrected chi connectivity index (χ2v) is 9.23. The predicted molar refractivity (Wildman–Crippen MR) is 135 cm³/mol. The first kappa shape index (κ1) is 24.0. The summed E-state index contributed by atoms with van der Waals surface area (Å²) in [5, 5.41) is 10.1. The van der Waals surface area contributed by atoms with Crippen LogP contribution >= 0.6 is 0 Å². The van der Waals surface area contributed by atoms with Crippen molar-refractivity contribution in [1.82, 2.24) is 20.4 Å². The van der Waals surface area contributed by atoms with Crippen LogP contribution in [0.1, 0.15) is 71.0 Å². The van der Waals surface area contributed by atoms with Crippen LogP contribution in [-0.4, -0.2) is 40.7 Å². The Bertz CT molecular complexity index is 1090. The molecule has 0 unspecified atom stereocenters. The molecule has 0 spiro atoms. The molecule has 0 fully saturated rings. The van der Waals surface area contributed by atoms with Crippen LogP contribution in [0.5, 0.6) is 5.75 Å². The van der Waals surface area contributed by atoms with Crippen LogP contribution in [0.15, 0.2) is 48.5 Å². The third kappa shape index (κ3) is 6.70. The molecule has 6 heteroatoms. The second-order valence-electron chi connectivity index (χ2n) is 9.23. The minimum atomic E-state index is -0.105. The Hall–Kier alpha value is -3.12. The Balaban J connectivity index is 1.54. The lowest BCUT2D eigenvalue weighted by Crippen LogP contribution is -2.25. The molecular formula is C28H36N4O2. The third-order valence-electron chi connectivity index (χ3n) is 6.22. The van der Waals surface area contributed by atoms with Crippen molar-refractivity contribution in [3.05, 3.63) is 82.2 Å². The number of nitrogens with zero attached hydrogens (tertiary/aromatic N) is 2. The molecule has 0 saturated carbocycles. The molecule has 6 nitrogen and oxygen atoms in total. The average molecular weight is 461 g/mol. The fraction of sp³-hybridized carbons (Fsp3) is 0.429. The highest BCUT2D eigenvalue weighted by atomic mass is 16.5. The van der Waals surface area contributed by atoms with Gasteiger partial charge >= 0.3 is 0 Å². The molecule has 0 saturated heterocycles. The number of fused-ring (bicyclic) bond motifs is 3. The van der Waals surface area contributed by atoms with Gasteiger partial charge in [-0.1, -0.05) is 31.2 Å². The molecule has 2 heterocycles. The number of rotatable bonds is 5. The largest absolute Gasteiger partial charge is 0.493 e. The van der Waals surface area contributed by atoms with Gasteiger partial charge in [-0.05, 0) is 86.7 Å². The van der Waals surface area contributed by atoms with E-state index in [1.54, 1.807) is 0 Å². The zero-order valence-corrected chi connectivity index (χ0v) is 20.4. The van der Waals surface area contributed by atoms with Crippen molar-refractivity contribution < 1.29 is 9.53 Å². The van der Waals surface area contributed by atoms with Crippen molar-refractivity contribution in [2.45, 2.75) is 59.0 Å². The van der Waals surface area contributed by atoms with E-state index in [0.29, 0.717) is 18.7 Å². The molecule has 0 atom stereocenters. The van der Waals surface area contributed by atoms with Crippen LogP contribution < -0.4 is 10.1 Å². The molecule has 3 aromatic rings. The van der Waals surface area contributed by atoms with Gasteiger partial charge in [0.05, 0.1) is 18.8 Å². The van der Waals surface area contributed by atoms with Gasteiger partial charge in [0.1, 0.15) is 5.75 Å². The van der Waals surface area contributed by atoms with Crippen LogP contribution in [-0.2, 0) is 19.5 Å². The number of aromatic nitrogens is 2. The number of nitrogens with one attached hydrogen (secondary N) is 2. The highest BCUT2D eigenvalue weighted by Gasteiger charge is 2.14. The maximum atomic E-state index is 12.9. The van der Waals surface area contributed by atoms with Gasteiger partial charge in [-0.2, -0.15) is 5.10 Å². The number of ether oxygens (including phenoxy) is 1. The van der Waals surface area contributed by atoms with Crippen molar-refractivity contribution in [2.75, 3.05) is 19.7 Å². The van der Waals surface area contributed by atoms with E-state index in [9.17, 15) is 4.79 Å². The van der Waals surface area contributed by atoms with E-state index >= 15 is 0 Å². The zero-order chi connectivity index (χ0) is 23.8. The Labute approximate surface area is 202 Å². The Morgan fingerprint density at radius 2 is 2.00 bits per heavy atom. The van der Waals surface area contributed by atoms with Gasteiger partial charge in [0, 0.05) is 24.2 Å². The van der Waals surface area contributed by atoms with Crippen molar-refractivity contribution >= 4 is 5.91 Å². The van der Waals surface area contributed by atoms with E-state index in [0.717, 1.165) is 61.6 Å². The minimum absolute atomic E-state index is 0.105. The number of hydrogen-bond donors (Lipinski definition) is 2. The second kappa shape index (κ2) is 11.8. The van der Waals surface area contributed by atoms with Crippen LogP contribution in [0.4, 0.5) is 0 Å². The molecule has 34 heavy (non-hydrogen) atoms. The van der Waals surface area contributed by atoms with Crippen molar-refractivity contribution in [2.24, 2.45) is 0 Å². The van der Waals surface area contributed by atoms with E-state index in [1.165, 1.54) is 24.0 Å². The van der Waals surface area contributed by atoms with Gasteiger partial charge in [-0.25, -0.2) is 0 Å². The van der Waals surface area contributed by atoms with E-state index in [-0.39, 0.29) is 5.91 Å².